The van der Waals surface area contributed by atoms with Crippen molar-refractivity contribution < 1.29 is 13.0 Å². The topological polar surface area (TPSA) is 83.8 Å². The Labute approximate surface area is 89.4 Å². The maximum atomic E-state index is 10.7. The van der Waals surface area contributed by atoms with Gasteiger partial charge in [-0.1, -0.05) is 23.2 Å². The SMILES string of the molecule is O=Nc1c(Cl)cc(S(=O)(=O)O)cc1Cl. The van der Waals surface area contributed by atoms with E-state index in [1.165, 1.54) is 0 Å². The van der Waals surface area contributed by atoms with E-state index in [2.05, 4.69) is 5.18 Å². The van der Waals surface area contributed by atoms with Gasteiger partial charge in [-0.05, 0) is 17.3 Å². The highest BCUT2D eigenvalue weighted by molar-refractivity contribution is 7.85. The van der Waals surface area contributed by atoms with E-state index < -0.39 is 15.0 Å². The summed E-state index contributed by atoms with van der Waals surface area (Å²) in [5, 5.41) is 2.03. The number of hydrogen-bond acceptors (Lipinski definition) is 4. The Morgan fingerprint density at radius 2 is 1.64 bits per heavy atom. The zero-order valence-corrected chi connectivity index (χ0v) is 8.77. The van der Waals surface area contributed by atoms with Crippen LogP contribution in [0.3, 0.4) is 0 Å². The van der Waals surface area contributed by atoms with Crippen LogP contribution in [0.2, 0.25) is 10.0 Å². The van der Waals surface area contributed by atoms with Gasteiger partial charge in [-0.3, -0.25) is 4.55 Å². The molecule has 0 heterocycles. The zero-order chi connectivity index (χ0) is 10.9. The quantitative estimate of drug-likeness (QED) is 0.651. The minimum atomic E-state index is -4.39. The summed E-state index contributed by atoms with van der Waals surface area (Å²) < 4.78 is 30.0. The first-order valence-electron chi connectivity index (χ1n) is 3.16. The number of nitrogens with zero attached hydrogens (tertiary/aromatic N) is 1. The molecule has 1 aromatic carbocycles. The highest BCUT2D eigenvalue weighted by atomic mass is 35.5. The van der Waals surface area contributed by atoms with E-state index in [0.29, 0.717) is 0 Å². The number of halogens is 2. The monoisotopic (exact) mass is 255 g/mol. The molecule has 0 aliphatic carbocycles. The molecular weight excluding hydrogens is 253 g/mol. The van der Waals surface area contributed by atoms with Crippen molar-refractivity contribution in [1.29, 1.82) is 0 Å². The van der Waals surface area contributed by atoms with Crippen LogP contribution >= 0.6 is 23.2 Å². The molecule has 76 valence electrons. The molecule has 5 nitrogen and oxygen atoms in total. The number of rotatable bonds is 2. The van der Waals surface area contributed by atoms with Crippen molar-refractivity contribution >= 4 is 39.0 Å². The van der Waals surface area contributed by atoms with E-state index >= 15 is 0 Å². The van der Waals surface area contributed by atoms with E-state index in [1.807, 2.05) is 0 Å². The molecule has 1 rings (SSSR count). The van der Waals surface area contributed by atoms with Crippen molar-refractivity contribution in [1.82, 2.24) is 0 Å². The Balaban J connectivity index is 3.50. The number of hydrogen-bond donors (Lipinski definition) is 1. The van der Waals surface area contributed by atoms with Crippen LogP contribution in [0.25, 0.3) is 0 Å². The van der Waals surface area contributed by atoms with Crippen molar-refractivity contribution in [2.75, 3.05) is 0 Å². The summed E-state index contributed by atoms with van der Waals surface area (Å²) >= 11 is 11.0. The molecule has 0 saturated heterocycles. The molecule has 0 atom stereocenters. The fourth-order valence-corrected chi connectivity index (χ4v) is 2.00. The minimum absolute atomic E-state index is 0.236. The highest BCUT2D eigenvalue weighted by Gasteiger charge is 2.15. The first-order chi connectivity index (χ1) is 6.36. The van der Waals surface area contributed by atoms with Crippen molar-refractivity contribution in [2.24, 2.45) is 5.18 Å². The second-order valence-electron chi connectivity index (χ2n) is 2.30. The lowest BCUT2D eigenvalue weighted by molar-refractivity contribution is 0.483. The summed E-state index contributed by atoms with van der Waals surface area (Å²) in [6.07, 6.45) is 0. The van der Waals surface area contributed by atoms with Crippen molar-refractivity contribution in [3.63, 3.8) is 0 Å². The first kappa shape index (κ1) is 11.4. The van der Waals surface area contributed by atoms with Crippen LogP contribution in [0.1, 0.15) is 0 Å². The highest BCUT2D eigenvalue weighted by Crippen LogP contribution is 2.35. The van der Waals surface area contributed by atoms with Gasteiger partial charge in [0.15, 0.2) is 0 Å². The average molecular weight is 256 g/mol. The fraction of sp³-hybridized carbons (Fsp3) is 0. The number of nitroso groups, excluding NO2 is 1. The van der Waals surface area contributed by atoms with E-state index in [1.54, 1.807) is 0 Å². The van der Waals surface area contributed by atoms with Crippen molar-refractivity contribution in [2.45, 2.75) is 4.90 Å². The molecule has 1 aromatic rings. The summed E-state index contributed by atoms with van der Waals surface area (Å²) in [7, 11) is -4.39. The molecule has 0 aliphatic rings. The first-order valence-corrected chi connectivity index (χ1v) is 5.35. The van der Waals surface area contributed by atoms with Crippen LogP contribution in [-0.2, 0) is 10.1 Å². The molecule has 0 unspecified atom stereocenters. The Morgan fingerprint density at radius 3 is 1.93 bits per heavy atom. The van der Waals surface area contributed by atoms with Gasteiger partial charge >= 0.3 is 0 Å². The standard InChI is InChI=1S/C6H3Cl2NO4S/c7-4-1-3(14(11,12)13)2-5(8)6(4)9-10/h1-2H,(H,11,12,13). The third kappa shape index (κ3) is 2.21. The van der Waals surface area contributed by atoms with E-state index in [-0.39, 0.29) is 15.7 Å². The summed E-state index contributed by atoms with van der Waals surface area (Å²) in [5.41, 5.74) is -0.263. The lowest BCUT2D eigenvalue weighted by Gasteiger charge is -2.01. The smallest absolute Gasteiger partial charge is 0.282 e. The molecule has 8 heteroatoms. The van der Waals surface area contributed by atoms with Crippen LogP contribution < -0.4 is 0 Å². The van der Waals surface area contributed by atoms with Gasteiger partial charge < -0.3 is 0 Å². The molecule has 0 amide bonds. The second-order valence-corrected chi connectivity index (χ2v) is 4.54. The van der Waals surface area contributed by atoms with Crippen molar-refractivity contribution in [3.8, 4) is 0 Å². The fourth-order valence-electron chi connectivity index (χ4n) is 0.778. The Kier molecular flexibility index (Phi) is 3.10. The van der Waals surface area contributed by atoms with Crippen LogP contribution in [0.15, 0.2) is 22.2 Å². The molecule has 0 spiro atoms. The molecule has 0 aliphatic heterocycles. The predicted octanol–water partition coefficient (Wildman–Crippen LogP) is 2.64. The zero-order valence-electron chi connectivity index (χ0n) is 6.44. The van der Waals surface area contributed by atoms with Crippen LogP contribution in [-0.4, -0.2) is 13.0 Å². The van der Waals surface area contributed by atoms with Crippen LogP contribution in [0.5, 0.6) is 0 Å². The van der Waals surface area contributed by atoms with E-state index in [0.717, 1.165) is 12.1 Å². The summed E-state index contributed by atoms with van der Waals surface area (Å²) in [5.74, 6) is 0. The maximum absolute atomic E-state index is 10.7. The normalized spacial score (nSPS) is 11.4. The molecule has 14 heavy (non-hydrogen) atoms. The molecule has 1 N–H and O–H groups in total. The maximum Gasteiger partial charge on any atom is 0.294 e. The molecule has 0 aromatic heterocycles. The van der Waals surface area contributed by atoms with Crippen LogP contribution in [0, 0.1) is 4.91 Å². The van der Waals surface area contributed by atoms with Crippen molar-refractivity contribution in [3.05, 3.63) is 27.1 Å². The summed E-state index contributed by atoms with van der Waals surface area (Å²) in [6, 6.07) is 1.78. The van der Waals surface area contributed by atoms with E-state index in [4.69, 9.17) is 27.8 Å². The molecule has 0 bridgehead atoms. The van der Waals surface area contributed by atoms with Gasteiger partial charge in [0.2, 0.25) is 0 Å². The Hall–Kier alpha value is -0.690. The van der Waals surface area contributed by atoms with E-state index in [9.17, 15) is 13.3 Å². The van der Waals surface area contributed by atoms with Gasteiger partial charge in [-0.25, -0.2) is 0 Å². The lowest BCUT2D eigenvalue weighted by atomic mass is 10.3. The average Bonchev–Trinajstić information content (AvgIpc) is 2.01. The Morgan fingerprint density at radius 1 is 1.21 bits per heavy atom. The summed E-state index contributed by atoms with van der Waals surface area (Å²) in [4.78, 5) is 9.69. The van der Waals surface area contributed by atoms with Gasteiger partial charge in [-0.15, -0.1) is 4.91 Å². The van der Waals surface area contributed by atoms with Gasteiger partial charge in [0.05, 0.1) is 14.9 Å². The number of benzene rings is 1. The predicted molar refractivity (Wildman–Crippen MR) is 51.7 cm³/mol. The van der Waals surface area contributed by atoms with Gasteiger partial charge in [-0.2, -0.15) is 8.42 Å². The van der Waals surface area contributed by atoms with Gasteiger partial charge in [0.1, 0.15) is 5.69 Å². The van der Waals surface area contributed by atoms with Gasteiger partial charge in [0.25, 0.3) is 10.1 Å². The molecule has 0 saturated carbocycles. The molecular formula is C6H3Cl2NO4S. The molecule has 0 fully saturated rings. The third-order valence-corrected chi connectivity index (χ3v) is 2.79. The lowest BCUT2D eigenvalue weighted by Crippen LogP contribution is -1.97. The van der Waals surface area contributed by atoms with Crippen LogP contribution in [0.4, 0.5) is 5.69 Å². The largest absolute Gasteiger partial charge is 0.294 e. The second kappa shape index (κ2) is 3.82. The third-order valence-electron chi connectivity index (χ3n) is 1.38. The van der Waals surface area contributed by atoms with Gasteiger partial charge in [0, 0.05) is 0 Å². The molecule has 0 radical (unpaired) electrons. The minimum Gasteiger partial charge on any atom is -0.282 e. The Bertz CT molecular complexity index is 462. The summed E-state index contributed by atoms with van der Waals surface area (Å²) in [6.45, 7) is 0.